The highest BCUT2D eigenvalue weighted by atomic mass is 14.2. The molecule has 0 aromatic carbocycles. The van der Waals surface area contributed by atoms with E-state index in [9.17, 15) is 0 Å². The molecule has 0 radical (unpaired) electrons. The van der Waals surface area contributed by atoms with Crippen molar-refractivity contribution in [3.63, 3.8) is 0 Å². The summed E-state index contributed by atoms with van der Waals surface area (Å²) >= 11 is 0. The number of hydrogen-bond acceptors (Lipinski definition) is 0. The zero-order valence-corrected chi connectivity index (χ0v) is 7.41. The maximum Gasteiger partial charge on any atom is -0.0315 e. The first-order chi connectivity index (χ1) is 4.70. The molecule has 1 fully saturated rings. The maximum atomic E-state index is 2.36. The van der Waals surface area contributed by atoms with Crippen molar-refractivity contribution in [1.29, 1.82) is 0 Å². The van der Waals surface area contributed by atoms with E-state index in [2.05, 4.69) is 20.8 Å². The fraction of sp³-hybridized carbons (Fsp3) is 0.800. The van der Waals surface area contributed by atoms with E-state index in [4.69, 9.17) is 0 Å². The molecule has 0 bridgehead atoms. The summed E-state index contributed by atoms with van der Waals surface area (Å²) in [4.78, 5) is 0. The second kappa shape index (κ2) is 3.23. The Morgan fingerprint density at radius 3 is 2.10 bits per heavy atom. The van der Waals surface area contributed by atoms with E-state index in [0.29, 0.717) is 0 Å². The van der Waals surface area contributed by atoms with E-state index in [1.165, 1.54) is 25.7 Å². The molecule has 58 valence electrons. The van der Waals surface area contributed by atoms with E-state index < -0.39 is 0 Å². The van der Waals surface area contributed by atoms with Crippen LogP contribution in [-0.2, 0) is 0 Å². The number of hydrogen-bond donors (Lipinski definition) is 0. The van der Waals surface area contributed by atoms with Gasteiger partial charge in [-0.05, 0) is 45.4 Å². The van der Waals surface area contributed by atoms with Gasteiger partial charge in [-0.2, -0.15) is 0 Å². The van der Waals surface area contributed by atoms with E-state index >= 15 is 0 Å². The predicted molar refractivity (Wildman–Crippen MR) is 46.0 cm³/mol. The second-order valence-electron chi connectivity index (χ2n) is 3.79. The van der Waals surface area contributed by atoms with Crippen molar-refractivity contribution in [3.8, 4) is 0 Å². The van der Waals surface area contributed by atoms with Crippen molar-refractivity contribution in [2.45, 2.75) is 46.5 Å². The van der Waals surface area contributed by atoms with Crippen molar-refractivity contribution in [2.75, 3.05) is 0 Å². The second-order valence-corrected chi connectivity index (χ2v) is 3.79. The predicted octanol–water partition coefficient (Wildman–Crippen LogP) is 3.53. The number of rotatable bonds is 0. The van der Waals surface area contributed by atoms with Crippen molar-refractivity contribution in [3.05, 3.63) is 11.1 Å². The monoisotopic (exact) mass is 138 g/mol. The summed E-state index contributed by atoms with van der Waals surface area (Å²) in [5, 5.41) is 0. The Morgan fingerprint density at radius 1 is 1.20 bits per heavy atom. The molecule has 0 heterocycles. The van der Waals surface area contributed by atoms with Gasteiger partial charge in [-0.1, -0.05) is 18.1 Å². The van der Waals surface area contributed by atoms with Gasteiger partial charge in [-0.3, -0.25) is 0 Å². The third kappa shape index (κ3) is 1.86. The average Bonchev–Trinajstić information content (AvgIpc) is 1.88. The quantitative estimate of drug-likeness (QED) is 0.449. The van der Waals surface area contributed by atoms with Crippen LogP contribution in [0.25, 0.3) is 0 Å². The van der Waals surface area contributed by atoms with Gasteiger partial charge in [0.2, 0.25) is 0 Å². The first-order valence-electron chi connectivity index (χ1n) is 4.35. The number of allylic oxidation sites excluding steroid dienone is 2. The molecule has 0 aromatic heterocycles. The van der Waals surface area contributed by atoms with Gasteiger partial charge in [0.1, 0.15) is 0 Å². The Balaban J connectivity index is 2.48. The minimum absolute atomic E-state index is 0.975. The van der Waals surface area contributed by atoms with Crippen LogP contribution in [0, 0.1) is 5.92 Å². The van der Waals surface area contributed by atoms with Gasteiger partial charge in [-0.15, -0.1) is 0 Å². The van der Waals surface area contributed by atoms with Gasteiger partial charge in [0, 0.05) is 0 Å². The van der Waals surface area contributed by atoms with Crippen LogP contribution in [0.2, 0.25) is 0 Å². The Kier molecular flexibility index (Phi) is 2.53. The van der Waals surface area contributed by atoms with Crippen LogP contribution in [0.5, 0.6) is 0 Å². The summed E-state index contributed by atoms with van der Waals surface area (Å²) in [6, 6.07) is 0. The molecule has 0 aliphatic heterocycles. The van der Waals surface area contributed by atoms with Crippen LogP contribution in [0.1, 0.15) is 46.5 Å². The van der Waals surface area contributed by atoms with Gasteiger partial charge >= 0.3 is 0 Å². The topological polar surface area (TPSA) is 0 Å². The van der Waals surface area contributed by atoms with Gasteiger partial charge in [0.05, 0.1) is 0 Å². The molecule has 0 amide bonds. The Bertz CT molecular complexity index is 128. The molecule has 1 rings (SSSR count). The lowest BCUT2D eigenvalue weighted by atomic mass is 9.85. The first kappa shape index (κ1) is 7.84. The summed E-state index contributed by atoms with van der Waals surface area (Å²) in [5.41, 5.74) is 3.28. The molecule has 1 saturated carbocycles. The first-order valence-corrected chi connectivity index (χ1v) is 4.35. The van der Waals surface area contributed by atoms with Gasteiger partial charge in [-0.25, -0.2) is 0 Å². The van der Waals surface area contributed by atoms with Crippen LogP contribution >= 0.6 is 0 Å². The highest BCUT2D eigenvalue weighted by Gasteiger charge is 2.12. The SMILES string of the molecule is CC(C)=C1CCC(C)CC1. The molecule has 0 atom stereocenters. The van der Waals surface area contributed by atoms with Crippen molar-refractivity contribution in [2.24, 2.45) is 5.92 Å². The molecular formula is C10H18. The molecule has 0 aromatic rings. The Labute approximate surface area is 64.3 Å². The highest BCUT2D eigenvalue weighted by molar-refractivity contribution is 5.11. The average molecular weight is 138 g/mol. The molecule has 0 spiro atoms. The van der Waals surface area contributed by atoms with Gasteiger partial charge < -0.3 is 0 Å². The molecule has 10 heavy (non-hydrogen) atoms. The maximum absolute atomic E-state index is 2.36. The lowest BCUT2D eigenvalue weighted by Gasteiger charge is -2.21. The van der Waals surface area contributed by atoms with Gasteiger partial charge in [0.15, 0.2) is 0 Å². The van der Waals surface area contributed by atoms with E-state index in [1.807, 2.05) is 0 Å². The fourth-order valence-electron chi connectivity index (χ4n) is 1.61. The Hall–Kier alpha value is -0.260. The molecular weight excluding hydrogens is 120 g/mol. The van der Waals surface area contributed by atoms with Crippen LogP contribution in [0.15, 0.2) is 11.1 Å². The highest BCUT2D eigenvalue weighted by Crippen LogP contribution is 2.29. The molecule has 0 heteroatoms. The molecule has 0 unspecified atom stereocenters. The van der Waals surface area contributed by atoms with Crippen LogP contribution in [-0.4, -0.2) is 0 Å². The zero-order chi connectivity index (χ0) is 7.56. The summed E-state index contributed by atoms with van der Waals surface area (Å²) in [6.45, 7) is 6.85. The van der Waals surface area contributed by atoms with Crippen LogP contribution < -0.4 is 0 Å². The minimum Gasteiger partial charge on any atom is -0.0772 e. The van der Waals surface area contributed by atoms with Crippen LogP contribution in [0.4, 0.5) is 0 Å². The summed E-state index contributed by atoms with van der Waals surface area (Å²) in [5.74, 6) is 0.975. The van der Waals surface area contributed by atoms with E-state index in [-0.39, 0.29) is 0 Å². The third-order valence-electron chi connectivity index (χ3n) is 2.58. The molecule has 1 aliphatic carbocycles. The zero-order valence-electron chi connectivity index (χ0n) is 7.41. The lowest BCUT2D eigenvalue weighted by Crippen LogP contribution is -2.04. The summed E-state index contributed by atoms with van der Waals surface area (Å²) < 4.78 is 0. The molecule has 1 aliphatic rings. The summed E-state index contributed by atoms with van der Waals surface area (Å²) in [6.07, 6.45) is 5.56. The van der Waals surface area contributed by atoms with E-state index in [1.54, 1.807) is 11.1 Å². The fourth-order valence-corrected chi connectivity index (χ4v) is 1.61. The van der Waals surface area contributed by atoms with Crippen molar-refractivity contribution < 1.29 is 0 Å². The Morgan fingerprint density at radius 2 is 1.70 bits per heavy atom. The normalized spacial score (nSPS) is 26.7. The van der Waals surface area contributed by atoms with Crippen molar-refractivity contribution >= 4 is 0 Å². The van der Waals surface area contributed by atoms with Crippen molar-refractivity contribution in [1.82, 2.24) is 0 Å². The summed E-state index contributed by atoms with van der Waals surface area (Å²) in [7, 11) is 0. The molecule has 0 nitrogen and oxygen atoms in total. The largest absolute Gasteiger partial charge is 0.0772 e. The van der Waals surface area contributed by atoms with Gasteiger partial charge in [0.25, 0.3) is 0 Å². The molecule has 0 saturated heterocycles. The molecule has 0 N–H and O–H groups in total. The van der Waals surface area contributed by atoms with E-state index in [0.717, 1.165) is 5.92 Å². The third-order valence-corrected chi connectivity index (χ3v) is 2.58. The lowest BCUT2D eigenvalue weighted by molar-refractivity contribution is 0.441. The van der Waals surface area contributed by atoms with Crippen LogP contribution in [0.3, 0.4) is 0 Å². The smallest absolute Gasteiger partial charge is 0.0315 e. The minimum atomic E-state index is 0.975. The standard InChI is InChI=1S/C10H18/c1-8(2)10-6-4-9(3)5-7-10/h9H,4-7H2,1-3H3.